The second-order valence-electron chi connectivity index (χ2n) is 6.74. The number of methoxy groups -OCH3 is 1. The number of nitrogens with zero attached hydrogens (tertiary/aromatic N) is 3. The molecule has 0 saturated carbocycles. The second-order valence-corrected chi connectivity index (χ2v) is 6.74. The molecule has 2 amide bonds. The van der Waals surface area contributed by atoms with Crippen LogP contribution < -0.4 is 4.74 Å². The van der Waals surface area contributed by atoms with Crippen molar-refractivity contribution >= 4 is 12.0 Å². The van der Waals surface area contributed by atoms with Crippen LogP contribution in [0.3, 0.4) is 0 Å². The van der Waals surface area contributed by atoms with Crippen LogP contribution in [-0.4, -0.2) is 90.9 Å². The van der Waals surface area contributed by atoms with E-state index in [1.54, 1.807) is 12.0 Å². The Labute approximate surface area is 152 Å². The first-order valence-electron chi connectivity index (χ1n) is 8.68. The number of hydrogen-bond donors (Lipinski definition) is 1. The Hall–Kier alpha value is -2.32. The van der Waals surface area contributed by atoms with Gasteiger partial charge in [0.25, 0.3) is 0 Å². The molecule has 0 spiro atoms. The number of β-amino-alcohol motifs (C(OH)–C–C–N with tert-alkyl or cyclic N) is 1. The number of carbonyl (C=O) groups excluding carboxylic acids is 2. The lowest BCUT2D eigenvalue weighted by Crippen LogP contribution is -2.42. The molecule has 1 aromatic carbocycles. The first-order valence-corrected chi connectivity index (χ1v) is 8.68. The van der Waals surface area contributed by atoms with Crippen LogP contribution >= 0.6 is 0 Å². The van der Waals surface area contributed by atoms with E-state index in [-0.39, 0.29) is 25.0 Å². The topological polar surface area (TPSA) is 82.5 Å². The molecule has 8 heteroatoms. The van der Waals surface area contributed by atoms with Gasteiger partial charge in [0.05, 0.1) is 25.8 Å². The van der Waals surface area contributed by atoms with Gasteiger partial charge < -0.3 is 19.5 Å². The van der Waals surface area contributed by atoms with Crippen LogP contribution in [0.5, 0.6) is 5.75 Å². The Morgan fingerprint density at radius 1 is 1.42 bits per heavy atom. The molecule has 2 aliphatic heterocycles. The standard InChI is InChI=1S/C18H25N3O5/c1-19(9-13-4-3-5-14(8-13)25-2)15-10-21(11-16(15)22)17(23)12-20-6-7-26-18(20)24/h3-5,8,15-16,22H,6-7,9-12H2,1-2H3/t15-,16-/m1/s1. The average molecular weight is 363 g/mol. The minimum atomic E-state index is -0.625. The van der Waals surface area contributed by atoms with Crippen molar-refractivity contribution in [2.24, 2.45) is 0 Å². The molecule has 1 N–H and O–H groups in total. The molecule has 2 aliphatic rings. The van der Waals surface area contributed by atoms with Crippen LogP contribution in [0.25, 0.3) is 0 Å². The summed E-state index contributed by atoms with van der Waals surface area (Å²) in [5.41, 5.74) is 1.07. The van der Waals surface area contributed by atoms with Gasteiger partial charge in [-0.1, -0.05) is 12.1 Å². The molecule has 3 rings (SSSR count). The fourth-order valence-electron chi connectivity index (χ4n) is 3.41. The van der Waals surface area contributed by atoms with Gasteiger partial charge in [0.15, 0.2) is 0 Å². The number of amides is 2. The van der Waals surface area contributed by atoms with Gasteiger partial charge in [0, 0.05) is 19.6 Å². The lowest BCUT2D eigenvalue weighted by Gasteiger charge is -2.26. The lowest BCUT2D eigenvalue weighted by molar-refractivity contribution is -0.131. The van der Waals surface area contributed by atoms with E-state index < -0.39 is 12.2 Å². The summed E-state index contributed by atoms with van der Waals surface area (Å²) >= 11 is 0. The largest absolute Gasteiger partial charge is 0.497 e. The fraction of sp³-hybridized carbons (Fsp3) is 0.556. The predicted octanol–water partition coefficient (Wildman–Crippen LogP) is 0.151. The van der Waals surface area contributed by atoms with E-state index in [9.17, 15) is 14.7 Å². The summed E-state index contributed by atoms with van der Waals surface area (Å²) in [5.74, 6) is 0.623. The van der Waals surface area contributed by atoms with E-state index in [1.807, 2.05) is 36.2 Å². The highest BCUT2D eigenvalue weighted by atomic mass is 16.6. The smallest absolute Gasteiger partial charge is 0.410 e. The summed E-state index contributed by atoms with van der Waals surface area (Å²) in [5, 5.41) is 10.4. The number of benzene rings is 1. The Morgan fingerprint density at radius 2 is 2.23 bits per heavy atom. The molecular formula is C18H25N3O5. The van der Waals surface area contributed by atoms with Crippen LogP contribution in [0.15, 0.2) is 24.3 Å². The third-order valence-corrected chi connectivity index (χ3v) is 4.92. The average Bonchev–Trinajstić information content (AvgIpc) is 3.21. The quantitative estimate of drug-likeness (QED) is 0.775. The van der Waals surface area contributed by atoms with Crippen molar-refractivity contribution in [1.82, 2.24) is 14.7 Å². The highest BCUT2D eigenvalue weighted by molar-refractivity contribution is 5.83. The second kappa shape index (κ2) is 7.92. The number of carbonyl (C=O) groups is 2. The van der Waals surface area contributed by atoms with Crippen molar-refractivity contribution in [3.63, 3.8) is 0 Å². The molecule has 0 aliphatic carbocycles. The van der Waals surface area contributed by atoms with Gasteiger partial charge in [-0.25, -0.2) is 4.79 Å². The predicted molar refractivity (Wildman–Crippen MR) is 93.8 cm³/mol. The Balaban J connectivity index is 1.57. The number of cyclic esters (lactones) is 1. The SMILES string of the molecule is COc1cccc(CN(C)[C@@H]2CN(C(=O)CN3CCOC3=O)C[C@H]2O)c1. The van der Waals surface area contributed by atoms with Crippen molar-refractivity contribution in [3.05, 3.63) is 29.8 Å². The molecule has 2 atom stereocenters. The summed E-state index contributed by atoms with van der Waals surface area (Å²) in [6.45, 7) is 2.09. The monoisotopic (exact) mass is 363 g/mol. The van der Waals surface area contributed by atoms with Gasteiger partial charge in [0.2, 0.25) is 5.91 Å². The van der Waals surface area contributed by atoms with Crippen molar-refractivity contribution in [2.75, 3.05) is 46.9 Å². The van der Waals surface area contributed by atoms with Gasteiger partial charge >= 0.3 is 6.09 Å². The summed E-state index contributed by atoms with van der Waals surface area (Å²) in [6, 6.07) is 7.62. The van der Waals surface area contributed by atoms with E-state index in [0.29, 0.717) is 26.2 Å². The molecule has 0 radical (unpaired) electrons. The zero-order valence-electron chi connectivity index (χ0n) is 15.1. The Morgan fingerprint density at radius 3 is 2.92 bits per heavy atom. The zero-order chi connectivity index (χ0) is 18.7. The van der Waals surface area contributed by atoms with Crippen molar-refractivity contribution in [2.45, 2.75) is 18.7 Å². The van der Waals surface area contributed by atoms with E-state index >= 15 is 0 Å². The number of aliphatic hydroxyl groups excluding tert-OH is 1. The first kappa shape index (κ1) is 18.5. The molecular weight excluding hydrogens is 338 g/mol. The van der Waals surface area contributed by atoms with E-state index in [1.165, 1.54) is 4.90 Å². The number of hydrogen-bond acceptors (Lipinski definition) is 6. The molecule has 2 fully saturated rings. The summed E-state index contributed by atoms with van der Waals surface area (Å²) in [6.07, 6.45) is -1.08. The van der Waals surface area contributed by atoms with Gasteiger partial charge in [-0.15, -0.1) is 0 Å². The molecule has 26 heavy (non-hydrogen) atoms. The van der Waals surface area contributed by atoms with Gasteiger partial charge in [-0.3, -0.25) is 14.6 Å². The third kappa shape index (κ3) is 4.08. The number of rotatable bonds is 6. The maximum atomic E-state index is 12.4. The summed E-state index contributed by atoms with van der Waals surface area (Å²) in [7, 11) is 3.56. The highest BCUT2D eigenvalue weighted by Crippen LogP contribution is 2.20. The van der Waals surface area contributed by atoms with E-state index in [4.69, 9.17) is 9.47 Å². The van der Waals surface area contributed by atoms with Crippen molar-refractivity contribution in [1.29, 1.82) is 0 Å². The maximum Gasteiger partial charge on any atom is 0.410 e. The zero-order valence-corrected chi connectivity index (χ0v) is 15.1. The van der Waals surface area contributed by atoms with Gasteiger partial charge in [0.1, 0.15) is 18.9 Å². The number of ether oxygens (including phenoxy) is 2. The highest BCUT2D eigenvalue weighted by Gasteiger charge is 2.37. The van der Waals surface area contributed by atoms with Crippen LogP contribution in [0, 0.1) is 0 Å². The molecule has 0 unspecified atom stereocenters. The number of likely N-dealkylation sites (tertiary alicyclic amines) is 1. The Bertz CT molecular complexity index is 668. The fourth-order valence-corrected chi connectivity index (χ4v) is 3.41. The third-order valence-electron chi connectivity index (χ3n) is 4.92. The van der Waals surface area contributed by atoms with Crippen LogP contribution in [0.2, 0.25) is 0 Å². The molecule has 8 nitrogen and oxygen atoms in total. The summed E-state index contributed by atoms with van der Waals surface area (Å²) in [4.78, 5) is 29.0. The minimum Gasteiger partial charge on any atom is -0.497 e. The van der Waals surface area contributed by atoms with Crippen LogP contribution in [0.1, 0.15) is 5.56 Å². The molecule has 2 heterocycles. The van der Waals surface area contributed by atoms with Crippen molar-refractivity contribution < 1.29 is 24.2 Å². The lowest BCUT2D eigenvalue weighted by atomic mass is 10.1. The summed E-state index contributed by atoms with van der Waals surface area (Å²) < 4.78 is 10.1. The van der Waals surface area contributed by atoms with Gasteiger partial charge in [-0.05, 0) is 24.7 Å². The maximum absolute atomic E-state index is 12.4. The molecule has 142 valence electrons. The molecule has 1 aromatic rings. The normalized spacial score (nSPS) is 22.8. The molecule has 0 bridgehead atoms. The van der Waals surface area contributed by atoms with E-state index in [2.05, 4.69) is 0 Å². The van der Waals surface area contributed by atoms with Crippen LogP contribution in [-0.2, 0) is 16.1 Å². The van der Waals surface area contributed by atoms with Gasteiger partial charge in [-0.2, -0.15) is 0 Å². The minimum absolute atomic E-state index is 0.00211. The van der Waals surface area contributed by atoms with Crippen molar-refractivity contribution in [3.8, 4) is 5.75 Å². The number of aliphatic hydroxyl groups is 1. The number of likely N-dealkylation sites (N-methyl/N-ethyl adjacent to an activating group) is 1. The molecule has 2 saturated heterocycles. The molecule has 0 aromatic heterocycles. The first-order chi connectivity index (χ1) is 12.5. The Kier molecular flexibility index (Phi) is 5.63. The van der Waals surface area contributed by atoms with Crippen LogP contribution in [0.4, 0.5) is 4.79 Å². The van der Waals surface area contributed by atoms with E-state index in [0.717, 1.165) is 11.3 Å².